The summed E-state index contributed by atoms with van der Waals surface area (Å²) in [6.45, 7) is 8.63. The van der Waals surface area contributed by atoms with Crippen LogP contribution in [0.4, 0.5) is 0 Å². The molecule has 0 bridgehead atoms. The molecule has 2 aromatic heterocycles. The van der Waals surface area contributed by atoms with Crippen molar-refractivity contribution in [3.8, 4) is 11.6 Å². The Kier molecular flexibility index (Phi) is 5.25. The van der Waals surface area contributed by atoms with Gasteiger partial charge in [-0.25, -0.2) is 0 Å². The zero-order valence-electron chi connectivity index (χ0n) is 14.3. The first-order chi connectivity index (χ1) is 11.6. The fourth-order valence-corrected chi connectivity index (χ4v) is 3.69. The van der Waals surface area contributed by atoms with Crippen molar-refractivity contribution < 1.29 is 9.21 Å². The average Bonchev–Trinajstić information content (AvgIpc) is 3.25. The Labute approximate surface area is 146 Å². The maximum absolute atomic E-state index is 12.7. The topological polar surface area (TPSA) is 67.4 Å². The molecule has 1 atom stereocenters. The maximum atomic E-state index is 12.7. The van der Waals surface area contributed by atoms with E-state index in [9.17, 15) is 4.79 Å². The molecule has 1 saturated heterocycles. The van der Waals surface area contributed by atoms with Crippen LogP contribution in [0.1, 0.15) is 13.8 Å². The summed E-state index contributed by atoms with van der Waals surface area (Å²) in [6.07, 6.45) is 1.61. The van der Waals surface area contributed by atoms with Gasteiger partial charge in [-0.3, -0.25) is 4.79 Å². The molecule has 0 unspecified atom stereocenters. The number of piperazine rings is 1. The van der Waals surface area contributed by atoms with E-state index in [0.717, 1.165) is 37.9 Å². The first-order valence-corrected chi connectivity index (χ1v) is 9.09. The van der Waals surface area contributed by atoms with Crippen molar-refractivity contribution in [1.29, 1.82) is 0 Å². The van der Waals surface area contributed by atoms with Gasteiger partial charge in [-0.2, -0.15) is 0 Å². The number of nitrogens with zero attached hydrogens (tertiary/aromatic N) is 5. The van der Waals surface area contributed by atoms with Gasteiger partial charge in [-0.05, 0) is 25.6 Å². The monoisotopic (exact) mass is 349 g/mol. The minimum Gasteiger partial charge on any atom is -0.461 e. The lowest BCUT2D eigenvalue weighted by Crippen LogP contribution is -2.50. The number of carbonyl (C=O) groups excluding carboxylic acids is 1. The second-order valence-corrected chi connectivity index (χ2v) is 7.17. The van der Waals surface area contributed by atoms with Crippen LogP contribution < -0.4 is 0 Å². The van der Waals surface area contributed by atoms with Crippen LogP contribution in [0, 0.1) is 0 Å². The lowest BCUT2D eigenvalue weighted by Gasteiger charge is -2.35. The minimum absolute atomic E-state index is 0.165. The van der Waals surface area contributed by atoms with Gasteiger partial charge in [0.25, 0.3) is 0 Å². The predicted molar refractivity (Wildman–Crippen MR) is 92.7 cm³/mol. The summed E-state index contributed by atoms with van der Waals surface area (Å²) in [5, 5.41) is 8.90. The van der Waals surface area contributed by atoms with E-state index in [1.165, 1.54) is 11.8 Å². The third-order valence-electron chi connectivity index (χ3n) is 4.34. The summed E-state index contributed by atoms with van der Waals surface area (Å²) in [5.41, 5.74) is 0. The summed E-state index contributed by atoms with van der Waals surface area (Å²) < 4.78 is 7.23. The molecule has 1 fully saturated rings. The van der Waals surface area contributed by atoms with Gasteiger partial charge in [0.05, 0.1) is 11.5 Å². The highest BCUT2D eigenvalue weighted by molar-refractivity contribution is 8.00. The van der Waals surface area contributed by atoms with Crippen molar-refractivity contribution in [2.45, 2.75) is 24.3 Å². The summed E-state index contributed by atoms with van der Waals surface area (Å²) >= 11 is 1.44. The second kappa shape index (κ2) is 7.40. The van der Waals surface area contributed by atoms with Gasteiger partial charge in [-0.15, -0.1) is 10.2 Å². The number of likely N-dealkylation sites (N-methyl/N-ethyl adjacent to an activating group) is 1. The van der Waals surface area contributed by atoms with E-state index in [1.54, 1.807) is 6.26 Å². The number of hydrogen-bond donors (Lipinski definition) is 0. The number of carbonyl (C=O) groups is 1. The van der Waals surface area contributed by atoms with Crippen LogP contribution in [0.3, 0.4) is 0 Å². The number of rotatable bonds is 5. The fraction of sp³-hybridized carbons (Fsp3) is 0.562. The number of aromatic nitrogens is 3. The Morgan fingerprint density at radius 3 is 2.71 bits per heavy atom. The Morgan fingerprint density at radius 1 is 1.33 bits per heavy atom. The summed E-state index contributed by atoms with van der Waals surface area (Å²) in [6, 6.07) is 3.67. The van der Waals surface area contributed by atoms with Gasteiger partial charge < -0.3 is 18.8 Å². The van der Waals surface area contributed by atoms with Gasteiger partial charge in [0, 0.05) is 33.2 Å². The van der Waals surface area contributed by atoms with E-state index in [-0.39, 0.29) is 11.2 Å². The molecule has 0 aromatic carbocycles. The molecule has 24 heavy (non-hydrogen) atoms. The standard InChI is InChI=1S/C16H23N5O2S/c1-4-20-7-9-21(10-8-20)15(22)12(2)24-16-18-17-14(19(16)3)13-6-5-11-23-13/h5-6,11-12H,4,7-10H2,1-3H3/t12-/m1/s1. The number of amides is 1. The SMILES string of the molecule is CCN1CCN(C(=O)[C@@H](C)Sc2nnc(-c3ccco3)n2C)CC1. The summed E-state index contributed by atoms with van der Waals surface area (Å²) in [4.78, 5) is 17.0. The maximum Gasteiger partial charge on any atom is 0.235 e. The van der Waals surface area contributed by atoms with Crippen LogP contribution in [0.15, 0.2) is 28.0 Å². The van der Waals surface area contributed by atoms with Crippen molar-refractivity contribution in [1.82, 2.24) is 24.6 Å². The highest BCUT2D eigenvalue weighted by atomic mass is 32.2. The Hall–Kier alpha value is -1.80. The van der Waals surface area contributed by atoms with Gasteiger partial charge in [-0.1, -0.05) is 18.7 Å². The molecule has 0 N–H and O–H groups in total. The van der Waals surface area contributed by atoms with E-state index < -0.39 is 0 Å². The molecular weight excluding hydrogens is 326 g/mol. The highest BCUT2D eigenvalue weighted by Crippen LogP contribution is 2.26. The molecule has 7 nitrogen and oxygen atoms in total. The van der Waals surface area contributed by atoms with Gasteiger partial charge in [0.1, 0.15) is 0 Å². The van der Waals surface area contributed by atoms with Crippen molar-refractivity contribution in [3.63, 3.8) is 0 Å². The van der Waals surface area contributed by atoms with Gasteiger partial charge in [0.2, 0.25) is 5.91 Å². The molecule has 8 heteroatoms. The summed E-state index contributed by atoms with van der Waals surface area (Å²) in [5.74, 6) is 1.50. The quantitative estimate of drug-likeness (QED) is 0.766. The minimum atomic E-state index is -0.189. The lowest BCUT2D eigenvalue weighted by atomic mass is 10.3. The Morgan fingerprint density at radius 2 is 2.08 bits per heavy atom. The first kappa shape index (κ1) is 17.0. The largest absolute Gasteiger partial charge is 0.461 e. The third-order valence-corrected chi connectivity index (χ3v) is 5.46. The van der Waals surface area contributed by atoms with Crippen LogP contribution in [0.5, 0.6) is 0 Å². The number of hydrogen-bond acceptors (Lipinski definition) is 6. The molecule has 3 heterocycles. The average molecular weight is 349 g/mol. The van der Waals surface area contributed by atoms with E-state index in [2.05, 4.69) is 22.0 Å². The molecule has 0 saturated carbocycles. The Balaban J connectivity index is 1.63. The van der Waals surface area contributed by atoms with E-state index >= 15 is 0 Å². The molecule has 3 rings (SSSR count). The fourth-order valence-electron chi connectivity index (χ4n) is 2.79. The van der Waals surface area contributed by atoms with Crippen LogP contribution >= 0.6 is 11.8 Å². The van der Waals surface area contributed by atoms with E-state index in [4.69, 9.17) is 4.42 Å². The van der Waals surface area contributed by atoms with Gasteiger partial charge >= 0.3 is 0 Å². The summed E-state index contributed by atoms with van der Waals surface area (Å²) in [7, 11) is 1.89. The van der Waals surface area contributed by atoms with Crippen molar-refractivity contribution >= 4 is 17.7 Å². The molecule has 0 aliphatic carbocycles. The number of thioether (sulfide) groups is 1. The van der Waals surface area contributed by atoms with Crippen LogP contribution in [-0.2, 0) is 11.8 Å². The normalized spacial score (nSPS) is 17.2. The molecule has 2 aromatic rings. The molecule has 1 amide bonds. The first-order valence-electron chi connectivity index (χ1n) is 8.21. The molecule has 130 valence electrons. The zero-order chi connectivity index (χ0) is 17.1. The van der Waals surface area contributed by atoms with Crippen LogP contribution in [0.25, 0.3) is 11.6 Å². The molecule has 1 aliphatic rings. The zero-order valence-corrected chi connectivity index (χ0v) is 15.1. The van der Waals surface area contributed by atoms with Crippen molar-refractivity contribution in [2.75, 3.05) is 32.7 Å². The molecule has 1 aliphatic heterocycles. The van der Waals surface area contributed by atoms with Crippen molar-refractivity contribution in [2.24, 2.45) is 7.05 Å². The smallest absolute Gasteiger partial charge is 0.235 e. The second-order valence-electron chi connectivity index (χ2n) is 5.86. The van der Waals surface area contributed by atoms with E-state index in [1.807, 2.05) is 35.6 Å². The Bertz CT molecular complexity index is 677. The number of furan rings is 1. The molecule has 0 spiro atoms. The van der Waals surface area contributed by atoms with Crippen LogP contribution in [-0.4, -0.2) is 68.4 Å². The van der Waals surface area contributed by atoms with Gasteiger partial charge in [0.15, 0.2) is 16.7 Å². The van der Waals surface area contributed by atoms with Crippen molar-refractivity contribution in [3.05, 3.63) is 18.4 Å². The lowest BCUT2D eigenvalue weighted by molar-refractivity contribution is -0.132. The third kappa shape index (κ3) is 3.49. The molecular formula is C16H23N5O2S. The molecule has 0 radical (unpaired) electrons. The van der Waals surface area contributed by atoms with E-state index in [0.29, 0.717) is 11.6 Å². The predicted octanol–water partition coefficient (Wildman–Crippen LogP) is 1.72. The highest BCUT2D eigenvalue weighted by Gasteiger charge is 2.26. The van der Waals surface area contributed by atoms with Crippen LogP contribution in [0.2, 0.25) is 0 Å².